The molecule has 1 fully saturated rings. The van der Waals surface area contributed by atoms with Gasteiger partial charge in [-0.3, -0.25) is 4.79 Å². The first-order valence-corrected chi connectivity index (χ1v) is 6.50. The summed E-state index contributed by atoms with van der Waals surface area (Å²) < 4.78 is 0. The fourth-order valence-corrected chi connectivity index (χ4v) is 2.29. The minimum atomic E-state index is -1.11. The number of nitrogens with one attached hydrogen (secondary N) is 2. The van der Waals surface area contributed by atoms with Crippen LogP contribution in [-0.4, -0.2) is 30.1 Å². The fraction of sp³-hybridized carbons (Fsp3) is 0.385. The normalized spacial score (nSPS) is 18.9. The summed E-state index contributed by atoms with van der Waals surface area (Å²) in [7, 11) is 0. The molecule has 0 radical (unpaired) electrons. The monoisotopic (exact) mass is 282 g/mol. The Morgan fingerprint density at radius 1 is 1.42 bits per heavy atom. The molecule has 1 aliphatic rings. The van der Waals surface area contributed by atoms with Crippen LogP contribution in [0.4, 0.5) is 5.69 Å². The van der Waals surface area contributed by atoms with Crippen molar-refractivity contribution in [2.24, 2.45) is 5.92 Å². The van der Waals surface area contributed by atoms with E-state index < -0.39 is 5.97 Å². The van der Waals surface area contributed by atoms with Gasteiger partial charge in [-0.2, -0.15) is 0 Å². The van der Waals surface area contributed by atoms with Gasteiger partial charge in [0.2, 0.25) is 5.91 Å². The second kappa shape index (κ2) is 6.04. The number of halogens is 1. The molecule has 5 nitrogen and oxygen atoms in total. The first-order chi connectivity index (χ1) is 9.08. The van der Waals surface area contributed by atoms with E-state index in [0.717, 1.165) is 19.4 Å². The minimum Gasteiger partial charge on any atom is -0.478 e. The fourth-order valence-electron chi connectivity index (χ4n) is 2.09. The van der Waals surface area contributed by atoms with Gasteiger partial charge in [-0.1, -0.05) is 11.6 Å². The number of rotatable bonds is 3. The number of benzene rings is 1. The first kappa shape index (κ1) is 13.8. The highest BCUT2D eigenvalue weighted by Gasteiger charge is 2.21. The molecule has 1 amide bonds. The van der Waals surface area contributed by atoms with Gasteiger partial charge in [0, 0.05) is 12.2 Å². The molecular weight excluding hydrogens is 268 g/mol. The molecule has 1 aliphatic heterocycles. The van der Waals surface area contributed by atoms with Crippen LogP contribution in [0, 0.1) is 5.92 Å². The lowest BCUT2D eigenvalue weighted by Crippen LogP contribution is -2.37. The molecule has 6 heteroatoms. The molecule has 0 unspecified atom stereocenters. The smallest absolute Gasteiger partial charge is 0.337 e. The van der Waals surface area contributed by atoms with Crippen LogP contribution in [0.5, 0.6) is 0 Å². The Balaban J connectivity index is 2.08. The maximum Gasteiger partial charge on any atom is 0.337 e. The van der Waals surface area contributed by atoms with Gasteiger partial charge in [-0.25, -0.2) is 4.79 Å². The Morgan fingerprint density at radius 2 is 2.21 bits per heavy atom. The minimum absolute atomic E-state index is 0.0127. The molecule has 0 saturated carbocycles. The van der Waals surface area contributed by atoms with Crippen molar-refractivity contribution in [3.8, 4) is 0 Å². The van der Waals surface area contributed by atoms with Crippen LogP contribution in [0.25, 0.3) is 0 Å². The molecule has 0 aromatic heterocycles. The average Bonchev–Trinajstić information content (AvgIpc) is 2.41. The molecule has 102 valence electrons. The second-order valence-corrected chi connectivity index (χ2v) is 4.94. The van der Waals surface area contributed by atoms with E-state index in [4.69, 9.17) is 16.7 Å². The lowest BCUT2D eigenvalue weighted by molar-refractivity contribution is -0.120. The zero-order valence-corrected chi connectivity index (χ0v) is 11.0. The lowest BCUT2D eigenvalue weighted by Gasteiger charge is -2.22. The number of hydrogen-bond acceptors (Lipinski definition) is 3. The number of piperidine rings is 1. The van der Waals surface area contributed by atoms with Crippen LogP contribution in [-0.2, 0) is 4.79 Å². The van der Waals surface area contributed by atoms with E-state index in [9.17, 15) is 9.59 Å². The predicted octanol–water partition coefficient (Wildman–Crippen LogP) is 1.98. The third kappa shape index (κ3) is 3.45. The van der Waals surface area contributed by atoms with Gasteiger partial charge in [0.05, 0.1) is 16.5 Å². The number of carbonyl (C=O) groups excluding carboxylic acids is 1. The summed E-state index contributed by atoms with van der Waals surface area (Å²) in [6.07, 6.45) is 1.82. The maximum absolute atomic E-state index is 12.0. The number of amides is 1. The van der Waals surface area contributed by atoms with E-state index in [-0.39, 0.29) is 22.4 Å². The third-order valence-electron chi connectivity index (χ3n) is 3.13. The Hall–Kier alpha value is -1.59. The molecule has 19 heavy (non-hydrogen) atoms. The second-order valence-electron chi connectivity index (χ2n) is 4.53. The molecular formula is C13H15ClN2O3. The zero-order valence-electron chi connectivity index (χ0n) is 10.3. The van der Waals surface area contributed by atoms with Crippen LogP contribution in [0.1, 0.15) is 23.2 Å². The molecule has 2 rings (SSSR count). The average molecular weight is 283 g/mol. The van der Waals surface area contributed by atoms with Crippen molar-refractivity contribution >= 4 is 29.2 Å². The van der Waals surface area contributed by atoms with E-state index in [1.54, 1.807) is 6.07 Å². The van der Waals surface area contributed by atoms with Crippen molar-refractivity contribution in [2.75, 3.05) is 18.4 Å². The molecule has 1 saturated heterocycles. The Bertz CT molecular complexity index is 499. The van der Waals surface area contributed by atoms with Crippen LogP contribution >= 0.6 is 11.6 Å². The van der Waals surface area contributed by atoms with Gasteiger partial charge in [0.25, 0.3) is 0 Å². The summed E-state index contributed by atoms with van der Waals surface area (Å²) in [6, 6.07) is 4.45. The van der Waals surface area contributed by atoms with E-state index in [0.29, 0.717) is 12.2 Å². The summed E-state index contributed by atoms with van der Waals surface area (Å²) in [6.45, 7) is 1.60. The van der Waals surface area contributed by atoms with E-state index in [1.807, 2.05) is 0 Å². The highest BCUT2D eigenvalue weighted by Crippen LogP contribution is 2.21. The van der Waals surface area contributed by atoms with Crippen molar-refractivity contribution < 1.29 is 14.7 Å². The predicted molar refractivity (Wildman–Crippen MR) is 72.6 cm³/mol. The van der Waals surface area contributed by atoms with Gasteiger partial charge in [0.1, 0.15) is 0 Å². The topological polar surface area (TPSA) is 78.4 Å². The lowest BCUT2D eigenvalue weighted by atomic mass is 9.99. The largest absolute Gasteiger partial charge is 0.478 e. The zero-order chi connectivity index (χ0) is 13.8. The Labute approximate surface area is 116 Å². The number of hydrogen-bond donors (Lipinski definition) is 3. The highest BCUT2D eigenvalue weighted by atomic mass is 35.5. The van der Waals surface area contributed by atoms with Gasteiger partial charge in [0.15, 0.2) is 0 Å². The standard InChI is InChI=1S/C13H15ClN2O3/c14-11-4-3-9(6-10(11)13(18)19)16-12(17)8-2-1-5-15-7-8/h3-4,6,8,15H,1-2,5,7H2,(H,16,17)(H,18,19)/t8-/m1/s1. The number of carboxylic acids is 1. The van der Waals surface area contributed by atoms with Gasteiger partial charge in [-0.15, -0.1) is 0 Å². The molecule has 1 heterocycles. The van der Waals surface area contributed by atoms with Gasteiger partial charge in [-0.05, 0) is 37.6 Å². The van der Waals surface area contributed by atoms with Crippen LogP contribution in [0.15, 0.2) is 18.2 Å². The molecule has 3 N–H and O–H groups in total. The molecule has 1 atom stereocenters. The van der Waals surface area contributed by atoms with Crippen molar-refractivity contribution in [1.29, 1.82) is 0 Å². The number of anilines is 1. The Kier molecular flexibility index (Phi) is 4.39. The van der Waals surface area contributed by atoms with E-state index >= 15 is 0 Å². The first-order valence-electron chi connectivity index (χ1n) is 6.12. The van der Waals surface area contributed by atoms with Crippen LogP contribution < -0.4 is 10.6 Å². The van der Waals surface area contributed by atoms with Gasteiger partial charge >= 0.3 is 5.97 Å². The third-order valence-corrected chi connectivity index (χ3v) is 3.46. The van der Waals surface area contributed by atoms with E-state index in [1.165, 1.54) is 12.1 Å². The SMILES string of the molecule is O=C(O)c1cc(NC(=O)[C@@H]2CCCNC2)ccc1Cl. The molecule has 0 bridgehead atoms. The number of carboxylic acid groups (broad SMARTS) is 1. The van der Waals surface area contributed by atoms with Crippen molar-refractivity contribution in [1.82, 2.24) is 5.32 Å². The molecule has 1 aromatic rings. The molecule has 0 spiro atoms. The van der Waals surface area contributed by atoms with Crippen molar-refractivity contribution in [2.45, 2.75) is 12.8 Å². The maximum atomic E-state index is 12.0. The van der Waals surface area contributed by atoms with E-state index in [2.05, 4.69) is 10.6 Å². The summed E-state index contributed by atoms with van der Waals surface area (Å²) >= 11 is 5.77. The van der Waals surface area contributed by atoms with Crippen LogP contribution in [0.3, 0.4) is 0 Å². The molecule has 0 aliphatic carbocycles. The van der Waals surface area contributed by atoms with Crippen LogP contribution in [0.2, 0.25) is 5.02 Å². The Morgan fingerprint density at radius 3 is 2.84 bits per heavy atom. The summed E-state index contributed by atoms with van der Waals surface area (Å²) in [5.41, 5.74) is 0.443. The summed E-state index contributed by atoms with van der Waals surface area (Å²) in [5.74, 6) is -1.27. The highest BCUT2D eigenvalue weighted by molar-refractivity contribution is 6.33. The number of aromatic carboxylic acids is 1. The summed E-state index contributed by atoms with van der Waals surface area (Å²) in [4.78, 5) is 23.0. The quantitative estimate of drug-likeness (QED) is 0.792. The summed E-state index contributed by atoms with van der Waals surface area (Å²) in [5, 5.41) is 15.0. The molecule has 1 aromatic carbocycles. The number of carbonyl (C=O) groups is 2. The van der Waals surface area contributed by atoms with Gasteiger partial charge < -0.3 is 15.7 Å². The van der Waals surface area contributed by atoms with Crippen molar-refractivity contribution in [3.63, 3.8) is 0 Å². The van der Waals surface area contributed by atoms with Crippen molar-refractivity contribution in [3.05, 3.63) is 28.8 Å².